The molecular weight excluding hydrogens is 308 g/mol. The third kappa shape index (κ3) is 4.23. The zero-order valence-corrected chi connectivity index (χ0v) is 13.5. The molecule has 5 heteroatoms. The van der Waals surface area contributed by atoms with Crippen molar-refractivity contribution in [1.29, 1.82) is 0 Å². The van der Waals surface area contributed by atoms with E-state index in [-0.39, 0.29) is 6.61 Å². The van der Waals surface area contributed by atoms with Gasteiger partial charge < -0.3 is 14.2 Å². The summed E-state index contributed by atoms with van der Waals surface area (Å²) in [5.74, 6) is 0.0806. The van der Waals surface area contributed by atoms with Crippen molar-refractivity contribution < 1.29 is 23.8 Å². The van der Waals surface area contributed by atoms with Crippen LogP contribution in [0.25, 0.3) is 5.57 Å². The van der Waals surface area contributed by atoms with E-state index in [0.29, 0.717) is 22.4 Å². The fourth-order valence-corrected chi connectivity index (χ4v) is 2.20. The fourth-order valence-electron chi connectivity index (χ4n) is 2.20. The van der Waals surface area contributed by atoms with Gasteiger partial charge in [0.25, 0.3) is 0 Å². The highest BCUT2D eigenvalue weighted by Crippen LogP contribution is 2.23. The monoisotopic (exact) mass is 326 g/mol. The van der Waals surface area contributed by atoms with Crippen molar-refractivity contribution in [2.75, 3.05) is 14.2 Å². The Labute approximate surface area is 140 Å². The summed E-state index contributed by atoms with van der Waals surface area (Å²) >= 11 is 0. The Balaban J connectivity index is 2.26. The maximum Gasteiger partial charge on any atom is 0.341 e. The highest BCUT2D eigenvalue weighted by molar-refractivity contribution is 6.16. The number of hydrogen-bond donors (Lipinski definition) is 0. The van der Waals surface area contributed by atoms with Gasteiger partial charge in [0.2, 0.25) is 0 Å². The average molecular weight is 326 g/mol. The summed E-state index contributed by atoms with van der Waals surface area (Å²) < 4.78 is 15.5. The Kier molecular flexibility index (Phi) is 6.14. The SMILES string of the molecule is CO/C=C(/C(=O)OC)c1ccccc1COc1cccc(C=O)c1. The first-order valence-electron chi connectivity index (χ1n) is 7.27. The summed E-state index contributed by atoms with van der Waals surface area (Å²) in [5.41, 5.74) is 2.30. The molecule has 0 fully saturated rings. The normalized spacial score (nSPS) is 10.8. The van der Waals surface area contributed by atoms with Crippen LogP contribution in [0.3, 0.4) is 0 Å². The van der Waals surface area contributed by atoms with Crippen LogP contribution in [-0.4, -0.2) is 26.5 Å². The highest BCUT2D eigenvalue weighted by Gasteiger charge is 2.16. The molecule has 0 atom stereocenters. The van der Waals surface area contributed by atoms with E-state index in [4.69, 9.17) is 14.2 Å². The van der Waals surface area contributed by atoms with Crippen LogP contribution in [-0.2, 0) is 20.9 Å². The predicted molar refractivity (Wildman–Crippen MR) is 89.6 cm³/mol. The van der Waals surface area contributed by atoms with Gasteiger partial charge >= 0.3 is 5.97 Å². The summed E-state index contributed by atoms with van der Waals surface area (Å²) in [4.78, 5) is 22.8. The van der Waals surface area contributed by atoms with Crippen molar-refractivity contribution in [3.8, 4) is 5.75 Å². The number of esters is 1. The molecule has 0 aliphatic carbocycles. The first-order valence-corrected chi connectivity index (χ1v) is 7.27. The van der Waals surface area contributed by atoms with Gasteiger partial charge in [-0.15, -0.1) is 0 Å². The molecule has 0 amide bonds. The molecule has 2 aromatic rings. The van der Waals surface area contributed by atoms with Crippen LogP contribution >= 0.6 is 0 Å². The Hall–Kier alpha value is -3.08. The largest absolute Gasteiger partial charge is 0.503 e. The quantitative estimate of drug-likeness (QED) is 0.338. The molecule has 0 aliphatic rings. The standard InChI is InChI=1S/C19H18O5/c1-22-13-18(19(21)23-2)17-9-4-3-7-15(17)12-24-16-8-5-6-14(10-16)11-20/h3-11,13H,12H2,1-2H3/b18-13+. The molecule has 0 radical (unpaired) electrons. The fraction of sp³-hybridized carbons (Fsp3) is 0.158. The highest BCUT2D eigenvalue weighted by atomic mass is 16.5. The van der Waals surface area contributed by atoms with E-state index in [2.05, 4.69) is 0 Å². The molecule has 124 valence electrons. The van der Waals surface area contributed by atoms with E-state index in [1.165, 1.54) is 20.5 Å². The van der Waals surface area contributed by atoms with E-state index < -0.39 is 5.97 Å². The van der Waals surface area contributed by atoms with Gasteiger partial charge in [-0.2, -0.15) is 0 Å². The summed E-state index contributed by atoms with van der Waals surface area (Å²) in [5, 5.41) is 0. The molecule has 5 nitrogen and oxygen atoms in total. The second kappa shape index (κ2) is 8.53. The lowest BCUT2D eigenvalue weighted by atomic mass is 10.0. The first-order chi connectivity index (χ1) is 11.7. The van der Waals surface area contributed by atoms with Crippen LogP contribution in [0, 0.1) is 0 Å². The van der Waals surface area contributed by atoms with Gasteiger partial charge in [0.05, 0.1) is 20.5 Å². The Morgan fingerprint density at radius 3 is 2.58 bits per heavy atom. The summed E-state index contributed by atoms with van der Waals surface area (Å²) in [6, 6.07) is 14.2. The van der Waals surface area contributed by atoms with Gasteiger partial charge in [0, 0.05) is 5.56 Å². The van der Waals surface area contributed by atoms with E-state index >= 15 is 0 Å². The summed E-state index contributed by atoms with van der Waals surface area (Å²) in [6.45, 7) is 0.233. The van der Waals surface area contributed by atoms with Gasteiger partial charge in [-0.25, -0.2) is 4.79 Å². The second-order valence-corrected chi connectivity index (χ2v) is 4.89. The molecule has 0 spiro atoms. The predicted octanol–water partition coefficient (Wildman–Crippen LogP) is 3.24. The molecule has 24 heavy (non-hydrogen) atoms. The minimum Gasteiger partial charge on any atom is -0.503 e. The Bertz CT molecular complexity index is 749. The van der Waals surface area contributed by atoms with E-state index in [0.717, 1.165) is 11.8 Å². The van der Waals surface area contributed by atoms with Crippen LogP contribution in [0.5, 0.6) is 5.75 Å². The number of ether oxygens (including phenoxy) is 3. The molecule has 0 aliphatic heterocycles. The lowest BCUT2D eigenvalue weighted by Gasteiger charge is -2.13. The average Bonchev–Trinajstić information content (AvgIpc) is 2.64. The van der Waals surface area contributed by atoms with E-state index in [1.54, 1.807) is 30.3 Å². The van der Waals surface area contributed by atoms with Gasteiger partial charge in [0.15, 0.2) is 0 Å². The maximum absolute atomic E-state index is 12.0. The summed E-state index contributed by atoms with van der Waals surface area (Å²) in [7, 11) is 2.78. The second-order valence-electron chi connectivity index (χ2n) is 4.89. The number of benzene rings is 2. The molecule has 0 heterocycles. The number of rotatable bonds is 7. The maximum atomic E-state index is 12.0. The first kappa shape index (κ1) is 17.3. The van der Waals surface area contributed by atoms with Crippen LogP contribution in [0.1, 0.15) is 21.5 Å². The smallest absolute Gasteiger partial charge is 0.341 e. The molecule has 0 saturated heterocycles. The number of aldehydes is 1. The van der Waals surface area contributed by atoms with Crippen LogP contribution in [0.2, 0.25) is 0 Å². The van der Waals surface area contributed by atoms with E-state index in [1.807, 2.05) is 18.2 Å². The van der Waals surface area contributed by atoms with Crippen molar-refractivity contribution in [2.24, 2.45) is 0 Å². The molecule has 0 unspecified atom stereocenters. The molecule has 0 saturated carbocycles. The number of carbonyl (C=O) groups excluding carboxylic acids is 2. The minimum atomic E-state index is -0.493. The lowest BCUT2D eigenvalue weighted by molar-refractivity contribution is -0.133. The Morgan fingerprint density at radius 2 is 1.88 bits per heavy atom. The van der Waals surface area contributed by atoms with Gasteiger partial charge in [-0.3, -0.25) is 4.79 Å². The van der Waals surface area contributed by atoms with Gasteiger partial charge in [-0.1, -0.05) is 36.4 Å². The minimum absolute atomic E-state index is 0.233. The van der Waals surface area contributed by atoms with E-state index in [9.17, 15) is 9.59 Å². The molecule has 2 rings (SSSR count). The van der Waals surface area contributed by atoms with Crippen molar-refractivity contribution in [2.45, 2.75) is 6.61 Å². The van der Waals surface area contributed by atoms with Crippen LogP contribution in [0.4, 0.5) is 0 Å². The molecular formula is C19H18O5. The van der Waals surface area contributed by atoms with Gasteiger partial charge in [0.1, 0.15) is 24.2 Å². The zero-order chi connectivity index (χ0) is 17.4. The summed E-state index contributed by atoms with van der Waals surface area (Å²) in [6.07, 6.45) is 2.11. The lowest BCUT2D eigenvalue weighted by Crippen LogP contribution is -2.08. The van der Waals surface area contributed by atoms with Crippen molar-refractivity contribution >= 4 is 17.8 Å². The van der Waals surface area contributed by atoms with Crippen molar-refractivity contribution in [3.63, 3.8) is 0 Å². The molecule has 0 aromatic heterocycles. The number of carbonyl (C=O) groups is 2. The Morgan fingerprint density at radius 1 is 1.08 bits per heavy atom. The van der Waals surface area contributed by atoms with Crippen LogP contribution in [0.15, 0.2) is 54.8 Å². The van der Waals surface area contributed by atoms with Crippen molar-refractivity contribution in [3.05, 3.63) is 71.5 Å². The molecule has 2 aromatic carbocycles. The zero-order valence-electron chi connectivity index (χ0n) is 13.5. The molecule has 0 N–H and O–H groups in total. The molecule has 0 bridgehead atoms. The van der Waals surface area contributed by atoms with Crippen molar-refractivity contribution in [1.82, 2.24) is 0 Å². The van der Waals surface area contributed by atoms with Gasteiger partial charge in [-0.05, 0) is 23.3 Å². The third-order valence-corrected chi connectivity index (χ3v) is 3.34. The third-order valence-electron chi connectivity index (χ3n) is 3.34. The topological polar surface area (TPSA) is 61.8 Å². The van der Waals surface area contributed by atoms with Crippen LogP contribution < -0.4 is 4.74 Å². The number of methoxy groups -OCH3 is 2. The number of hydrogen-bond acceptors (Lipinski definition) is 5.